The standard InChI is InChI=1S/C25H24N4O5S2.H2/c30-22-20(28-14-10-25(11-15-28)19-3-1-2-4-21(19)34-23(25)31)9-13-29(22)17-5-7-18(8-6-17)36(32,33)27-24-26-12-16-35-24;/h1-8,12,16,20H,9-11,13-15H2,(H,26,27);1H/t20-;/m0./s1. The van der Waals surface area contributed by atoms with Gasteiger partial charge in [-0.3, -0.25) is 19.2 Å². The molecule has 11 heteroatoms. The molecule has 3 aromatic rings. The number of fused-ring (bicyclic) bond motifs is 2. The monoisotopic (exact) mass is 526 g/mol. The molecular formula is C25H26N4O5S2. The number of para-hydroxylation sites is 1. The number of nitrogens with zero attached hydrogens (tertiary/aromatic N) is 3. The molecule has 4 heterocycles. The second kappa shape index (κ2) is 8.68. The van der Waals surface area contributed by atoms with Crippen LogP contribution in [0, 0.1) is 0 Å². The van der Waals surface area contributed by atoms with Crippen molar-refractivity contribution in [3.8, 4) is 5.75 Å². The molecule has 2 fully saturated rings. The number of amides is 1. The van der Waals surface area contributed by atoms with Gasteiger partial charge in [-0.2, -0.15) is 0 Å². The predicted molar refractivity (Wildman–Crippen MR) is 137 cm³/mol. The van der Waals surface area contributed by atoms with E-state index < -0.39 is 15.4 Å². The second-order valence-corrected chi connectivity index (χ2v) is 11.8. The van der Waals surface area contributed by atoms with Crippen LogP contribution in [0.5, 0.6) is 5.75 Å². The van der Waals surface area contributed by atoms with Crippen LogP contribution in [0.3, 0.4) is 0 Å². The quantitative estimate of drug-likeness (QED) is 0.402. The summed E-state index contributed by atoms with van der Waals surface area (Å²) in [6.07, 6.45) is 3.44. The molecule has 1 spiro atoms. The molecule has 0 unspecified atom stereocenters. The third-order valence-electron chi connectivity index (χ3n) is 7.38. The van der Waals surface area contributed by atoms with Gasteiger partial charge in [-0.15, -0.1) is 11.3 Å². The Hall–Kier alpha value is -3.28. The highest BCUT2D eigenvalue weighted by Crippen LogP contribution is 2.46. The summed E-state index contributed by atoms with van der Waals surface area (Å²) in [6, 6.07) is 13.7. The van der Waals surface area contributed by atoms with Crippen LogP contribution in [-0.2, 0) is 25.0 Å². The zero-order valence-corrected chi connectivity index (χ0v) is 20.9. The van der Waals surface area contributed by atoms with Crippen molar-refractivity contribution in [3.05, 3.63) is 65.7 Å². The number of ether oxygens (including phenoxy) is 1. The molecule has 3 aliphatic heterocycles. The fourth-order valence-electron chi connectivity index (χ4n) is 5.46. The number of hydrogen-bond donors (Lipinski definition) is 1. The van der Waals surface area contributed by atoms with Crippen LogP contribution in [0.1, 0.15) is 26.3 Å². The van der Waals surface area contributed by atoms with Gasteiger partial charge >= 0.3 is 5.97 Å². The van der Waals surface area contributed by atoms with Gasteiger partial charge in [-0.05, 0) is 49.6 Å². The minimum Gasteiger partial charge on any atom is -0.426 e. The van der Waals surface area contributed by atoms with E-state index in [1.54, 1.807) is 22.4 Å². The molecule has 2 saturated heterocycles. The number of sulfonamides is 1. The molecule has 1 atom stereocenters. The number of likely N-dealkylation sites (tertiary alicyclic amines) is 1. The van der Waals surface area contributed by atoms with Gasteiger partial charge in [0.15, 0.2) is 5.13 Å². The molecule has 0 bridgehead atoms. The number of piperidine rings is 1. The van der Waals surface area contributed by atoms with Crippen LogP contribution in [0.25, 0.3) is 0 Å². The van der Waals surface area contributed by atoms with Crippen molar-refractivity contribution in [2.45, 2.75) is 35.6 Å². The van der Waals surface area contributed by atoms with Gasteiger partial charge in [-0.1, -0.05) is 18.2 Å². The van der Waals surface area contributed by atoms with Crippen LogP contribution in [0.4, 0.5) is 10.8 Å². The number of nitrogens with one attached hydrogen (secondary N) is 1. The number of aromatic nitrogens is 1. The number of esters is 1. The molecule has 2 aromatic carbocycles. The Balaban J connectivity index is 0.00000280. The Morgan fingerprint density at radius 1 is 1.06 bits per heavy atom. The normalized spacial score (nSPS) is 21.6. The highest BCUT2D eigenvalue weighted by Gasteiger charge is 2.52. The maximum Gasteiger partial charge on any atom is 0.322 e. The third kappa shape index (κ3) is 3.78. The number of carbonyl (C=O) groups is 2. The lowest BCUT2D eigenvalue weighted by molar-refractivity contribution is -0.140. The summed E-state index contributed by atoms with van der Waals surface area (Å²) in [5.74, 6) is 0.449. The highest BCUT2D eigenvalue weighted by atomic mass is 32.2. The summed E-state index contributed by atoms with van der Waals surface area (Å²) in [4.78, 5) is 34.0. The smallest absolute Gasteiger partial charge is 0.322 e. The van der Waals surface area contributed by atoms with Crippen LogP contribution in [-0.4, -0.2) is 55.9 Å². The van der Waals surface area contributed by atoms with Gasteiger partial charge in [0, 0.05) is 43.9 Å². The molecule has 0 aliphatic carbocycles. The topological polar surface area (TPSA) is 109 Å². The largest absolute Gasteiger partial charge is 0.426 e. The predicted octanol–water partition coefficient (Wildman–Crippen LogP) is 3.25. The molecule has 9 nitrogen and oxygen atoms in total. The van der Waals surface area contributed by atoms with E-state index in [0.29, 0.717) is 55.5 Å². The summed E-state index contributed by atoms with van der Waals surface area (Å²) in [6.45, 7) is 1.82. The zero-order chi connectivity index (χ0) is 24.9. The molecule has 6 rings (SSSR count). The first-order chi connectivity index (χ1) is 17.4. The molecule has 0 saturated carbocycles. The number of anilines is 2. The fourth-order valence-corrected chi connectivity index (χ4v) is 7.25. The van der Waals surface area contributed by atoms with Crippen molar-refractivity contribution >= 4 is 44.1 Å². The van der Waals surface area contributed by atoms with E-state index in [1.165, 1.54) is 29.7 Å². The summed E-state index contributed by atoms with van der Waals surface area (Å²) in [5, 5.41) is 1.99. The minimum absolute atomic E-state index is 0. The molecule has 0 radical (unpaired) electrons. The Kier molecular flexibility index (Phi) is 5.58. The number of rotatable bonds is 5. The van der Waals surface area contributed by atoms with E-state index in [9.17, 15) is 18.0 Å². The zero-order valence-electron chi connectivity index (χ0n) is 19.3. The first-order valence-electron chi connectivity index (χ1n) is 11.8. The van der Waals surface area contributed by atoms with Crippen molar-refractivity contribution in [2.75, 3.05) is 29.3 Å². The third-order valence-corrected chi connectivity index (χ3v) is 9.55. The first kappa shape index (κ1) is 23.1. The number of hydrogen-bond acceptors (Lipinski definition) is 8. The van der Waals surface area contributed by atoms with Gasteiger partial charge in [0.2, 0.25) is 5.91 Å². The van der Waals surface area contributed by atoms with Crippen molar-refractivity contribution < 1.29 is 24.2 Å². The lowest BCUT2D eigenvalue weighted by Crippen LogP contribution is -2.51. The van der Waals surface area contributed by atoms with Gasteiger partial charge in [-0.25, -0.2) is 13.4 Å². The lowest BCUT2D eigenvalue weighted by atomic mass is 9.73. The van der Waals surface area contributed by atoms with Crippen LogP contribution in [0.15, 0.2) is 65.0 Å². The molecule has 188 valence electrons. The molecule has 1 N–H and O–H groups in total. The van der Waals surface area contributed by atoms with Gasteiger partial charge in [0.1, 0.15) is 5.75 Å². The van der Waals surface area contributed by atoms with Crippen molar-refractivity contribution in [1.29, 1.82) is 0 Å². The van der Waals surface area contributed by atoms with Crippen LogP contribution < -0.4 is 14.4 Å². The Morgan fingerprint density at radius 3 is 2.53 bits per heavy atom. The molecular weight excluding hydrogens is 500 g/mol. The average molecular weight is 527 g/mol. The SMILES string of the molecule is O=C1[C@@H](N2CCC3(CC2)C(=O)Oc2ccccc23)CCN1c1ccc(S(=O)(=O)Nc2nccs2)cc1.[HH]. The first-order valence-corrected chi connectivity index (χ1v) is 14.1. The van der Waals surface area contributed by atoms with E-state index in [0.717, 1.165) is 5.56 Å². The fraction of sp³-hybridized carbons (Fsp3) is 0.320. The molecule has 1 amide bonds. The Labute approximate surface area is 214 Å². The maximum absolute atomic E-state index is 13.3. The van der Waals surface area contributed by atoms with E-state index >= 15 is 0 Å². The van der Waals surface area contributed by atoms with Crippen molar-refractivity contribution in [3.63, 3.8) is 0 Å². The Bertz CT molecular complexity index is 1420. The maximum atomic E-state index is 13.3. The molecule has 1 aromatic heterocycles. The number of benzene rings is 2. The van der Waals surface area contributed by atoms with Crippen molar-refractivity contribution in [2.24, 2.45) is 0 Å². The summed E-state index contributed by atoms with van der Waals surface area (Å²) >= 11 is 1.20. The van der Waals surface area contributed by atoms with E-state index in [2.05, 4.69) is 14.6 Å². The summed E-state index contributed by atoms with van der Waals surface area (Å²) in [5.41, 5.74) is 0.994. The summed E-state index contributed by atoms with van der Waals surface area (Å²) < 4.78 is 33.2. The lowest BCUT2D eigenvalue weighted by Gasteiger charge is -2.39. The minimum atomic E-state index is -3.75. The Morgan fingerprint density at radius 2 is 1.81 bits per heavy atom. The van der Waals surface area contributed by atoms with Gasteiger partial charge in [0.05, 0.1) is 16.4 Å². The number of carbonyl (C=O) groups excluding carboxylic acids is 2. The van der Waals surface area contributed by atoms with Gasteiger partial charge < -0.3 is 9.64 Å². The van der Waals surface area contributed by atoms with E-state index in [1.807, 2.05) is 24.3 Å². The van der Waals surface area contributed by atoms with E-state index in [-0.39, 0.29) is 24.2 Å². The molecule has 3 aliphatic rings. The highest BCUT2D eigenvalue weighted by molar-refractivity contribution is 7.93. The van der Waals surface area contributed by atoms with E-state index in [4.69, 9.17) is 4.74 Å². The summed E-state index contributed by atoms with van der Waals surface area (Å²) in [7, 11) is -3.75. The van der Waals surface area contributed by atoms with Crippen LogP contribution in [0.2, 0.25) is 0 Å². The number of thiazole rings is 1. The average Bonchev–Trinajstić information content (AvgIpc) is 3.59. The second-order valence-electron chi connectivity index (χ2n) is 9.23. The van der Waals surface area contributed by atoms with Crippen LogP contribution >= 0.6 is 11.3 Å². The molecule has 36 heavy (non-hydrogen) atoms. The van der Waals surface area contributed by atoms with Crippen molar-refractivity contribution in [1.82, 2.24) is 9.88 Å². The van der Waals surface area contributed by atoms with Gasteiger partial charge in [0.25, 0.3) is 10.0 Å².